The third-order valence-electron chi connectivity index (χ3n) is 17.4. The van der Waals surface area contributed by atoms with E-state index < -0.39 is 0 Å². The van der Waals surface area contributed by atoms with Crippen LogP contribution in [0.2, 0.25) is 15.9 Å². The number of halogens is 3. The van der Waals surface area contributed by atoms with Gasteiger partial charge >= 0.3 is 12.0 Å². The highest BCUT2D eigenvalue weighted by molar-refractivity contribution is 6.31. The van der Waals surface area contributed by atoms with Crippen LogP contribution in [0.25, 0.3) is 143 Å². The summed E-state index contributed by atoms with van der Waals surface area (Å²) in [4.78, 5) is 40.0. The molecule has 0 amide bonds. The number of rotatable bonds is 16. The maximum atomic E-state index is 10.6. The van der Waals surface area contributed by atoms with Gasteiger partial charge in [0.1, 0.15) is 5.75 Å². The lowest BCUT2D eigenvalue weighted by Gasteiger charge is -2.14. The Morgan fingerprint density at radius 2 is 0.583 bits per heavy atom. The van der Waals surface area contributed by atoms with Gasteiger partial charge in [-0.2, -0.15) is 39.9 Å². The van der Waals surface area contributed by atoms with Crippen LogP contribution in [-0.4, -0.2) is 63.2 Å². The van der Waals surface area contributed by atoms with E-state index in [9.17, 15) is 5.11 Å². The van der Waals surface area contributed by atoms with Crippen molar-refractivity contribution in [2.45, 2.75) is 65.2 Å². The van der Waals surface area contributed by atoms with Crippen LogP contribution in [0.1, 0.15) is 65.2 Å². The number of aromatic hydroxyl groups is 1. The number of fused-ring (bicyclic) bond motifs is 15. The summed E-state index contributed by atoms with van der Waals surface area (Å²) in [5, 5.41) is 31.7. The number of phenols is 1. The minimum Gasteiger partial charge on any atom is -0.507 e. The van der Waals surface area contributed by atoms with Gasteiger partial charge in [-0.15, -0.1) is 0 Å². The van der Waals surface area contributed by atoms with Crippen molar-refractivity contribution in [3.63, 3.8) is 0 Å². The quantitative estimate of drug-likeness (QED) is 0.0723. The minimum absolute atomic E-state index is 0.0853. The molecule has 0 radical (unpaired) electrons. The number of hydrogen-bond acceptors (Lipinski definition) is 12. The van der Waals surface area contributed by atoms with Crippen molar-refractivity contribution in [2.24, 2.45) is 0 Å². The van der Waals surface area contributed by atoms with Gasteiger partial charge in [0, 0.05) is 16.7 Å². The molecule has 0 spiro atoms. The Morgan fingerprint density at radius 3 is 0.990 bits per heavy atom. The molecule has 1 N–H and O–H groups in total. The lowest BCUT2D eigenvalue weighted by atomic mass is 9.93. The molecule has 0 saturated carbocycles. The number of aromatic nitrogens is 9. The summed E-state index contributed by atoms with van der Waals surface area (Å²) >= 11 is 18.3. The van der Waals surface area contributed by atoms with E-state index in [2.05, 4.69) is 213 Å². The number of para-hydroxylation sites is 1. The Bertz CT molecular complexity index is 5560. The minimum atomic E-state index is 0.0853. The molecule has 0 unspecified atom stereocenters. The fourth-order valence-electron chi connectivity index (χ4n) is 12.8. The largest absolute Gasteiger partial charge is 0.507 e. The van der Waals surface area contributed by atoms with Crippen LogP contribution in [-0.2, 0) is 0 Å². The smallest absolute Gasteiger partial charge is 0.321 e. The molecule has 3 aromatic heterocycles. The highest BCUT2D eigenvalue weighted by Crippen LogP contribution is 2.42. The summed E-state index contributed by atoms with van der Waals surface area (Å²) in [6.07, 6.45) is 8.86. The van der Waals surface area contributed by atoms with E-state index in [1.54, 1.807) is 12.1 Å². The van der Waals surface area contributed by atoms with E-state index in [0.29, 0.717) is 42.1 Å². The zero-order chi connectivity index (χ0) is 65.5. The second-order valence-corrected chi connectivity index (χ2v) is 24.6. The summed E-state index contributed by atoms with van der Waals surface area (Å²) in [6.45, 7) is 5.49. The number of phenolic OH excluding ortho intramolecular Hbond substituents is 1. The zero-order valence-corrected chi connectivity index (χ0v) is 55.1. The van der Waals surface area contributed by atoms with Gasteiger partial charge < -0.3 is 14.6 Å². The molecule has 0 aliphatic carbocycles. The van der Waals surface area contributed by atoms with Gasteiger partial charge in [-0.3, -0.25) is 0 Å². The van der Waals surface area contributed by atoms with E-state index >= 15 is 0 Å². The van der Waals surface area contributed by atoms with Crippen molar-refractivity contribution >= 4 is 132 Å². The Balaban J connectivity index is 0.000000126. The average molecular weight is 1320 g/mol. The first kappa shape index (κ1) is 62.9. The number of nitrogens with zero attached hydrogens (tertiary/aromatic N) is 9. The van der Waals surface area contributed by atoms with Crippen LogP contribution < -0.4 is 9.47 Å². The van der Waals surface area contributed by atoms with Gasteiger partial charge in [0.05, 0.1) is 18.8 Å². The fourth-order valence-corrected chi connectivity index (χ4v) is 13.3. The monoisotopic (exact) mass is 1320 g/mol. The first-order valence-electron chi connectivity index (χ1n) is 32.5. The van der Waals surface area contributed by atoms with Gasteiger partial charge in [-0.1, -0.05) is 246 Å². The molecule has 16 rings (SSSR count). The van der Waals surface area contributed by atoms with Crippen molar-refractivity contribution < 1.29 is 14.6 Å². The van der Waals surface area contributed by atoms with Crippen molar-refractivity contribution in [3.8, 4) is 63.3 Å². The second kappa shape index (κ2) is 28.6. The van der Waals surface area contributed by atoms with E-state index in [4.69, 9.17) is 54.2 Å². The van der Waals surface area contributed by atoms with Crippen molar-refractivity contribution in [1.82, 2.24) is 44.9 Å². The summed E-state index contributed by atoms with van der Waals surface area (Å²) in [6, 6.07) is 77.2. The molecule has 96 heavy (non-hydrogen) atoms. The van der Waals surface area contributed by atoms with Crippen LogP contribution >= 0.6 is 34.8 Å². The molecular weight excluding hydrogens is 1250 g/mol. The van der Waals surface area contributed by atoms with Gasteiger partial charge in [-0.05, 0) is 175 Å². The van der Waals surface area contributed by atoms with Gasteiger partial charge in [0.2, 0.25) is 15.9 Å². The first-order valence-corrected chi connectivity index (χ1v) is 33.6. The maximum absolute atomic E-state index is 10.6. The Kier molecular flexibility index (Phi) is 18.8. The lowest BCUT2D eigenvalue weighted by Crippen LogP contribution is -2.05. The van der Waals surface area contributed by atoms with Crippen molar-refractivity contribution in [1.29, 1.82) is 0 Å². The molecule has 472 valence electrons. The topological polar surface area (TPSA) is 155 Å². The van der Waals surface area contributed by atoms with Crippen LogP contribution in [0, 0.1) is 0 Å². The molecule has 0 saturated heterocycles. The molecule has 16 aromatic rings. The molecular formula is C81H64Cl3N9O3. The third kappa shape index (κ3) is 13.2. The van der Waals surface area contributed by atoms with Crippen LogP contribution in [0.3, 0.4) is 0 Å². The SMILES string of the molecule is CCCCCCOc1nc(-c2ccccc2O)nc(-c2cc3c4ccccc4ccc3c3ccccc23)n1.CCCCCCOc1nc(Cl)nc(-c2cc3c4ccccc4ccc3c3ccccc23)n1.Clc1nc(Cl)nc(-c2cc3c4ccccc4ccc3c3ccccc23)n1. The van der Waals surface area contributed by atoms with E-state index in [1.807, 2.05) is 48.5 Å². The first-order chi connectivity index (χ1) is 47.2. The number of hydrogen-bond donors (Lipinski definition) is 1. The fraction of sp³-hybridized carbons (Fsp3) is 0.148. The van der Waals surface area contributed by atoms with Gasteiger partial charge in [0.15, 0.2) is 23.3 Å². The lowest BCUT2D eigenvalue weighted by molar-refractivity contribution is 0.281. The second-order valence-electron chi connectivity index (χ2n) is 23.6. The predicted octanol–water partition coefficient (Wildman–Crippen LogP) is 22.2. The zero-order valence-electron chi connectivity index (χ0n) is 52.9. The summed E-state index contributed by atoms with van der Waals surface area (Å²) in [7, 11) is 0. The summed E-state index contributed by atoms with van der Waals surface area (Å²) in [5.41, 5.74) is 3.25. The molecule has 0 aliphatic rings. The molecule has 15 heteroatoms. The van der Waals surface area contributed by atoms with Gasteiger partial charge in [0.25, 0.3) is 0 Å². The molecule has 3 heterocycles. The Labute approximate surface area is 569 Å². The number of unbranched alkanes of at least 4 members (excludes halogenated alkanes) is 6. The van der Waals surface area contributed by atoms with E-state index in [1.165, 1.54) is 67.7 Å². The molecule has 0 atom stereocenters. The molecule has 0 fully saturated rings. The molecule has 12 nitrogen and oxygen atoms in total. The molecule has 13 aromatic carbocycles. The Morgan fingerprint density at radius 1 is 0.271 bits per heavy atom. The third-order valence-corrected chi connectivity index (χ3v) is 17.9. The number of ether oxygens (including phenoxy) is 2. The van der Waals surface area contributed by atoms with Crippen molar-refractivity contribution in [3.05, 3.63) is 240 Å². The molecule has 0 bridgehead atoms. The standard InChI is InChI=1S/C33H29N3O2.C27H24ClN3O.C21H11Cl2N3/c1-2-3-4-11-20-38-33-35-31(27-16-9-10-17-30(27)37)34-32(36-33)29-21-28-23-13-6-5-12-22(23)18-19-26(28)24-14-7-8-15-25(24)29;1-2-3-4-9-16-32-27-30-25(29-26(28)31-27)24-17-23-19-11-6-5-10-18(19)14-15-22(23)20-12-7-8-13-21(20)24;22-20-24-19(25-21(23)26-20)18-11-17-13-6-2-1-5-12(13)9-10-16(17)14-7-3-4-8-15(14)18/h5-10,12-19,21,37H,2-4,11,20H2,1H3;5-8,10-15,17H,2-4,9,16H2,1H3;1-11H. The predicted molar refractivity (Wildman–Crippen MR) is 395 cm³/mol. The summed E-state index contributed by atoms with van der Waals surface area (Å²) < 4.78 is 11.9. The highest BCUT2D eigenvalue weighted by atomic mass is 35.5. The van der Waals surface area contributed by atoms with Gasteiger partial charge in [-0.25, -0.2) is 4.98 Å². The summed E-state index contributed by atoms with van der Waals surface area (Å²) in [5.74, 6) is 2.03. The van der Waals surface area contributed by atoms with E-state index in [0.717, 1.165) is 97.3 Å². The van der Waals surface area contributed by atoms with Crippen molar-refractivity contribution in [2.75, 3.05) is 13.2 Å². The van der Waals surface area contributed by atoms with Crippen LogP contribution in [0.15, 0.2) is 224 Å². The molecule has 0 aliphatic heterocycles. The van der Waals surface area contributed by atoms with Crippen LogP contribution in [0.4, 0.5) is 0 Å². The number of benzene rings is 13. The Hall–Kier alpha value is -10.5. The normalized spacial score (nSPS) is 11.4. The maximum Gasteiger partial charge on any atom is 0.321 e. The average Bonchev–Trinajstić information content (AvgIpc) is 0.761. The van der Waals surface area contributed by atoms with Crippen LogP contribution in [0.5, 0.6) is 17.8 Å². The highest BCUT2D eigenvalue weighted by Gasteiger charge is 2.20. The van der Waals surface area contributed by atoms with E-state index in [-0.39, 0.29) is 33.6 Å².